The predicted molar refractivity (Wildman–Crippen MR) is 83.5 cm³/mol. The second kappa shape index (κ2) is 6.82. The van der Waals surface area contributed by atoms with E-state index in [-0.39, 0.29) is 18.2 Å². The quantitative estimate of drug-likeness (QED) is 0.856. The zero-order valence-corrected chi connectivity index (χ0v) is 13.3. The maximum atomic E-state index is 11.9. The highest BCUT2D eigenvalue weighted by molar-refractivity contribution is 7.14. The Hall–Kier alpha value is -1.73. The van der Waals surface area contributed by atoms with Gasteiger partial charge in [0.2, 0.25) is 5.91 Å². The molecule has 2 rings (SSSR count). The van der Waals surface area contributed by atoms with Crippen LogP contribution in [0.15, 0.2) is 22.2 Å². The molecule has 0 aliphatic heterocycles. The van der Waals surface area contributed by atoms with Crippen LogP contribution in [0.3, 0.4) is 0 Å². The summed E-state index contributed by atoms with van der Waals surface area (Å²) in [5.74, 6) is -1.50. The van der Waals surface area contributed by atoms with Crippen molar-refractivity contribution in [1.82, 2.24) is 10.3 Å². The van der Waals surface area contributed by atoms with E-state index in [2.05, 4.69) is 10.3 Å². The number of rotatable bonds is 6. The highest BCUT2D eigenvalue weighted by Gasteiger charge is 2.23. The van der Waals surface area contributed by atoms with E-state index in [1.807, 2.05) is 22.2 Å². The lowest BCUT2D eigenvalue weighted by atomic mass is 10.0. The van der Waals surface area contributed by atoms with Crippen molar-refractivity contribution in [2.75, 3.05) is 0 Å². The van der Waals surface area contributed by atoms with Gasteiger partial charge in [0.15, 0.2) is 0 Å². The van der Waals surface area contributed by atoms with Crippen LogP contribution in [0.25, 0.3) is 10.6 Å². The number of nitrogens with one attached hydrogen (secondary N) is 1. The fourth-order valence-corrected chi connectivity index (χ4v) is 3.34. The van der Waals surface area contributed by atoms with E-state index in [0.29, 0.717) is 5.69 Å². The number of thiazole rings is 1. The molecule has 2 N–H and O–H groups in total. The highest BCUT2D eigenvalue weighted by atomic mass is 32.1. The summed E-state index contributed by atoms with van der Waals surface area (Å²) in [5.41, 5.74) is 1.70. The predicted octanol–water partition coefficient (Wildman–Crippen LogP) is 2.64. The first-order valence-corrected chi connectivity index (χ1v) is 8.28. The van der Waals surface area contributed by atoms with Gasteiger partial charge in [-0.15, -0.1) is 11.3 Å². The molecule has 21 heavy (non-hydrogen) atoms. The molecular formula is C14H16N2O3S2. The Bertz CT molecular complexity index is 620. The van der Waals surface area contributed by atoms with Crippen LogP contribution in [-0.2, 0) is 16.0 Å². The third-order valence-corrected chi connectivity index (χ3v) is 4.53. The third kappa shape index (κ3) is 4.12. The number of nitrogens with zero attached hydrogens (tertiary/aromatic N) is 1. The molecule has 0 spiro atoms. The number of aromatic nitrogens is 1. The zero-order valence-electron chi connectivity index (χ0n) is 11.7. The molecule has 2 aromatic rings. The van der Waals surface area contributed by atoms with Crippen LogP contribution in [0.1, 0.15) is 19.5 Å². The van der Waals surface area contributed by atoms with Gasteiger partial charge in [-0.25, -0.2) is 9.78 Å². The van der Waals surface area contributed by atoms with E-state index in [1.54, 1.807) is 25.2 Å². The first kappa shape index (κ1) is 15.7. The lowest BCUT2D eigenvalue weighted by Crippen LogP contribution is -2.44. The second-order valence-electron chi connectivity index (χ2n) is 4.96. The Morgan fingerprint density at radius 3 is 2.71 bits per heavy atom. The van der Waals surface area contributed by atoms with E-state index >= 15 is 0 Å². The number of aliphatic carboxylic acids is 1. The molecule has 0 aromatic carbocycles. The fraction of sp³-hybridized carbons (Fsp3) is 0.357. The van der Waals surface area contributed by atoms with Crippen LogP contribution in [0.5, 0.6) is 0 Å². The van der Waals surface area contributed by atoms with Crippen molar-refractivity contribution < 1.29 is 14.7 Å². The van der Waals surface area contributed by atoms with E-state index in [0.717, 1.165) is 10.6 Å². The van der Waals surface area contributed by atoms with Gasteiger partial charge in [0, 0.05) is 16.3 Å². The summed E-state index contributed by atoms with van der Waals surface area (Å²) in [7, 11) is 0. The lowest BCUT2D eigenvalue weighted by molar-refractivity contribution is -0.143. The van der Waals surface area contributed by atoms with Crippen molar-refractivity contribution in [2.45, 2.75) is 26.3 Å². The number of amides is 1. The molecule has 7 heteroatoms. The van der Waals surface area contributed by atoms with Crippen LogP contribution in [0.2, 0.25) is 0 Å². The molecule has 0 saturated heterocycles. The zero-order chi connectivity index (χ0) is 15.4. The fourth-order valence-electron chi connectivity index (χ4n) is 1.81. The Morgan fingerprint density at radius 2 is 2.14 bits per heavy atom. The van der Waals surface area contributed by atoms with Gasteiger partial charge < -0.3 is 10.4 Å². The second-order valence-corrected chi connectivity index (χ2v) is 6.60. The summed E-state index contributed by atoms with van der Waals surface area (Å²) >= 11 is 3.07. The van der Waals surface area contributed by atoms with Crippen LogP contribution in [0, 0.1) is 5.92 Å². The average Bonchev–Trinajstić information content (AvgIpc) is 3.05. The molecule has 112 valence electrons. The van der Waals surface area contributed by atoms with Crippen molar-refractivity contribution in [3.05, 3.63) is 27.9 Å². The average molecular weight is 324 g/mol. The maximum absolute atomic E-state index is 11.9. The third-order valence-electron chi connectivity index (χ3n) is 2.91. The van der Waals surface area contributed by atoms with Gasteiger partial charge in [-0.3, -0.25) is 4.79 Å². The van der Waals surface area contributed by atoms with Crippen molar-refractivity contribution in [1.29, 1.82) is 0 Å². The Morgan fingerprint density at radius 1 is 1.38 bits per heavy atom. The molecule has 0 saturated carbocycles. The van der Waals surface area contributed by atoms with Crippen LogP contribution < -0.4 is 5.32 Å². The molecule has 1 atom stereocenters. The number of carboxylic acids is 1. The standard InChI is InChI=1S/C14H16N2O3S2/c1-8(2)12(14(18)19)16-11(17)5-10-7-21-13(15-10)9-3-4-20-6-9/h3-4,6-8,12H,5H2,1-2H3,(H,16,17)(H,18,19). The highest BCUT2D eigenvalue weighted by Crippen LogP contribution is 2.25. The van der Waals surface area contributed by atoms with Gasteiger partial charge >= 0.3 is 5.97 Å². The van der Waals surface area contributed by atoms with Gasteiger partial charge in [-0.2, -0.15) is 11.3 Å². The molecule has 0 radical (unpaired) electrons. The summed E-state index contributed by atoms with van der Waals surface area (Å²) in [4.78, 5) is 27.4. The van der Waals surface area contributed by atoms with E-state index in [9.17, 15) is 9.59 Å². The van der Waals surface area contributed by atoms with Gasteiger partial charge in [0.25, 0.3) is 0 Å². The summed E-state index contributed by atoms with van der Waals surface area (Å²) < 4.78 is 0. The van der Waals surface area contributed by atoms with E-state index in [1.165, 1.54) is 11.3 Å². The molecule has 2 aromatic heterocycles. The minimum atomic E-state index is -1.02. The Kier molecular flexibility index (Phi) is 5.08. The minimum absolute atomic E-state index is 0.0944. The lowest BCUT2D eigenvalue weighted by Gasteiger charge is -2.17. The molecule has 5 nitrogen and oxygen atoms in total. The van der Waals surface area contributed by atoms with Gasteiger partial charge in [-0.1, -0.05) is 13.8 Å². The summed E-state index contributed by atoms with van der Waals surface area (Å²) in [5, 5.41) is 18.3. The van der Waals surface area contributed by atoms with Gasteiger partial charge in [0.05, 0.1) is 12.1 Å². The number of carbonyl (C=O) groups is 2. The van der Waals surface area contributed by atoms with Gasteiger partial charge in [0.1, 0.15) is 11.0 Å². The summed E-state index contributed by atoms with van der Waals surface area (Å²) in [6.45, 7) is 3.52. The summed E-state index contributed by atoms with van der Waals surface area (Å²) in [6, 6.07) is 1.11. The summed E-state index contributed by atoms with van der Waals surface area (Å²) in [6.07, 6.45) is 0.0944. The van der Waals surface area contributed by atoms with E-state index < -0.39 is 12.0 Å². The normalized spacial score (nSPS) is 12.3. The van der Waals surface area contributed by atoms with Crippen LogP contribution >= 0.6 is 22.7 Å². The SMILES string of the molecule is CC(C)C(NC(=O)Cc1csc(-c2ccsc2)n1)C(=O)O. The first-order chi connectivity index (χ1) is 9.97. The smallest absolute Gasteiger partial charge is 0.326 e. The molecule has 0 fully saturated rings. The molecule has 1 unspecified atom stereocenters. The maximum Gasteiger partial charge on any atom is 0.326 e. The molecule has 2 heterocycles. The molecule has 0 aliphatic carbocycles. The number of hydrogen-bond acceptors (Lipinski definition) is 5. The largest absolute Gasteiger partial charge is 0.480 e. The first-order valence-electron chi connectivity index (χ1n) is 6.46. The van der Waals surface area contributed by atoms with Crippen molar-refractivity contribution in [2.24, 2.45) is 5.92 Å². The number of carboxylic acid groups (broad SMARTS) is 1. The minimum Gasteiger partial charge on any atom is -0.480 e. The number of carbonyl (C=O) groups excluding carboxylic acids is 1. The molecule has 1 amide bonds. The Balaban J connectivity index is 1.98. The number of hydrogen-bond donors (Lipinski definition) is 2. The van der Waals surface area contributed by atoms with Crippen LogP contribution in [0.4, 0.5) is 0 Å². The van der Waals surface area contributed by atoms with Crippen molar-refractivity contribution in [3.63, 3.8) is 0 Å². The topological polar surface area (TPSA) is 79.3 Å². The monoisotopic (exact) mass is 324 g/mol. The van der Waals surface area contributed by atoms with E-state index in [4.69, 9.17) is 5.11 Å². The van der Waals surface area contributed by atoms with Gasteiger partial charge in [-0.05, 0) is 17.4 Å². The van der Waals surface area contributed by atoms with Crippen LogP contribution in [-0.4, -0.2) is 28.0 Å². The Labute approximate surface area is 130 Å². The number of thiophene rings is 1. The molecule has 0 aliphatic rings. The van der Waals surface area contributed by atoms with Crippen molar-refractivity contribution >= 4 is 34.6 Å². The molecular weight excluding hydrogens is 308 g/mol. The molecule has 0 bridgehead atoms. The van der Waals surface area contributed by atoms with Crippen molar-refractivity contribution in [3.8, 4) is 10.6 Å².